The second-order valence-corrected chi connectivity index (χ2v) is 5.13. The number of hydrogen-bond acceptors (Lipinski definition) is 1. The van der Waals surface area contributed by atoms with Gasteiger partial charge in [-0.2, -0.15) is 0 Å². The molecular formula is C6H12BrNOS. The van der Waals surface area contributed by atoms with Crippen LogP contribution in [0.25, 0.3) is 0 Å². The molecule has 4 heteroatoms. The molecule has 10 heavy (non-hydrogen) atoms. The van der Waals surface area contributed by atoms with Gasteiger partial charge >= 0.3 is 0 Å². The number of halogens is 1. The van der Waals surface area contributed by atoms with Gasteiger partial charge in [-0.3, -0.25) is 0 Å². The van der Waals surface area contributed by atoms with E-state index in [0.29, 0.717) is 6.54 Å². The van der Waals surface area contributed by atoms with Gasteiger partial charge in [-0.1, -0.05) is 22.5 Å². The quantitative estimate of drug-likeness (QED) is 0.774. The summed E-state index contributed by atoms with van der Waals surface area (Å²) in [5.74, 6) is 0. The second kappa shape index (κ2) is 5.04. The van der Waals surface area contributed by atoms with E-state index in [-0.39, 0.29) is 5.25 Å². The van der Waals surface area contributed by atoms with E-state index in [1.165, 1.54) is 0 Å². The van der Waals surface area contributed by atoms with E-state index in [2.05, 4.69) is 27.2 Å². The molecule has 0 fully saturated rings. The molecule has 0 aliphatic carbocycles. The van der Waals surface area contributed by atoms with Crippen molar-refractivity contribution < 1.29 is 4.21 Å². The second-order valence-electron chi connectivity index (χ2n) is 2.18. The summed E-state index contributed by atoms with van der Waals surface area (Å²) < 4.78 is 14.6. The van der Waals surface area contributed by atoms with Crippen LogP contribution < -0.4 is 4.72 Å². The monoisotopic (exact) mass is 225 g/mol. The van der Waals surface area contributed by atoms with Crippen molar-refractivity contribution in [3.8, 4) is 0 Å². The Balaban J connectivity index is 3.50. The summed E-state index contributed by atoms with van der Waals surface area (Å²) in [5.41, 5.74) is 0. The molecule has 0 aromatic heterocycles. The molecule has 0 aromatic rings. The van der Waals surface area contributed by atoms with Gasteiger partial charge in [-0.25, -0.2) is 8.93 Å². The van der Waals surface area contributed by atoms with E-state index >= 15 is 0 Å². The molecule has 60 valence electrons. The Morgan fingerprint density at radius 1 is 1.80 bits per heavy atom. The Labute approximate surface area is 72.8 Å². The van der Waals surface area contributed by atoms with E-state index in [0.717, 1.165) is 4.48 Å². The van der Waals surface area contributed by atoms with Crippen molar-refractivity contribution in [2.24, 2.45) is 0 Å². The third-order valence-electron chi connectivity index (χ3n) is 0.834. The summed E-state index contributed by atoms with van der Waals surface area (Å²) in [6.45, 7) is 7.97. The summed E-state index contributed by atoms with van der Waals surface area (Å²) in [4.78, 5) is 0. The SMILES string of the molecule is C=C(Br)CNS(=O)C(C)C. The molecule has 2 nitrogen and oxygen atoms in total. The Kier molecular flexibility index (Phi) is 5.21. The van der Waals surface area contributed by atoms with Gasteiger partial charge in [-0.15, -0.1) is 0 Å². The van der Waals surface area contributed by atoms with Crippen LogP contribution in [-0.2, 0) is 11.0 Å². The number of rotatable bonds is 4. The molecule has 0 saturated carbocycles. The van der Waals surface area contributed by atoms with Gasteiger partial charge in [0.1, 0.15) is 0 Å². The molecule has 0 bridgehead atoms. The topological polar surface area (TPSA) is 29.1 Å². The Morgan fingerprint density at radius 2 is 2.30 bits per heavy atom. The fourth-order valence-corrected chi connectivity index (χ4v) is 1.29. The van der Waals surface area contributed by atoms with Crippen molar-refractivity contribution in [3.05, 3.63) is 11.1 Å². The third-order valence-corrected chi connectivity index (χ3v) is 2.40. The lowest BCUT2D eigenvalue weighted by Gasteiger charge is -2.05. The van der Waals surface area contributed by atoms with Crippen LogP contribution in [0.2, 0.25) is 0 Å². The van der Waals surface area contributed by atoms with Gasteiger partial charge in [0.25, 0.3) is 0 Å². The predicted octanol–water partition coefficient (Wildman–Crippen LogP) is 1.56. The Hall–Kier alpha value is 0.330. The Morgan fingerprint density at radius 3 is 2.60 bits per heavy atom. The lowest BCUT2D eigenvalue weighted by molar-refractivity contribution is 0.668. The molecule has 0 aliphatic heterocycles. The van der Waals surface area contributed by atoms with Crippen molar-refractivity contribution in [1.29, 1.82) is 0 Å². The van der Waals surface area contributed by atoms with Crippen LogP contribution >= 0.6 is 15.9 Å². The maximum atomic E-state index is 11.0. The van der Waals surface area contributed by atoms with Gasteiger partial charge in [-0.05, 0) is 13.8 Å². The Bertz CT molecular complexity index is 147. The maximum Gasteiger partial charge on any atom is 0.0944 e. The number of hydrogen-bond donors (Lipinski definition) is 1. The molecule has 1 atom stereocenters. The number of nitrogens with one attached hydrogen (secondary N) is 1. The summed E-state index contributed by atoms with van der Waals surface area (Å²) in [5, 5.41) is 0.159. The van der Waals surface area contributed by atoms with E-state index in [1.54, 1.807) is 0 Å². The summed E-state index contributed by atoms with van der Waals surface area (Å²) in [7, 11) is -0.933. The van der Waals surface area contributed by atoms with Crippen molar-refractivity contribution in [2.45, 2.75) is 19.1 Å². The molecular weight excluding hydrogens is 214 g/mol. The van der Waals surface area contributed by atoms with Gasteiger partial charge < -0.3 is 0 Å². The fourth-order valence-electron chi connectivity index (χ4n) is 0.316. The molecule has 0 saturated heterocycles. The molecule has 0 aromatic carbocycles. The van der Waals surface area contributed by atoms with E-state index in [9.17, 15) is 4.21 Å². The predicted molar refractivity (Wildman–Crippen MR) is 49.3 cm³/mol. The first-order chi connectivity index (χ1) is 4.54. The van der Waals surface area contributed by atoms with Crippen molar-refractivity contribution in [2.75, 3.05) is 6.54 Å². The lowest BCUT2D eigenvalue weighted by atomic mass is 10.6. The minimum atomic E-state index is -0.933. The molecule has 0 amide bonds. The molecule has 0 heterocycles. The largest absolute Gasteiger partial charge is 0.243 e. The first kappa shape index (κ1) is 10.3. The maximum absolute atomic E-state index is 11.0. The highest BCUT2D eigenvalue weighted by atomic mass is 79.9. The van der Waals surface area contributed by atoms with Gasteiger partial charge in [0.05, 0.1) is 11.0 Å². The van der Waals surface area contributed by atoms with Crippen molar-refractivity contribution >= 4 is 26.9 Å². The highest BCUT2D eigenvalue weighted by Gasteiger charge is 2.02. The van der Waals surface area contributed by atoms with Crippen LogP contribution in [0.4, 0.5) is 0 Å². The van der Waals surface area contributed by atoms with Crippen LogP contribution in [-0.4, -0.2) is 16.0 Å². The standard InChI is InChI=1S/C6H12BrNOS/c1-5(2)10(9)8-4-6(3)7/h5,8H,3-4H2,1-2H3. The first-order valence-corrected chi connectivity index (χ1v) is 5.02. The normalized spacial score (nSPS) is 13.6. The van der Waals surface area contributed by atoms with E-state index in [4.69, 9.17) is 0 Å². The lowest BCUT2D eigenvalue weighted by Crippen LogP contribution is -2.24. The molecule has 0 radical (unpaired) electrons. The molecule has 1 unspecified atom stereocenters. The minimum absolute atomic E-state index is 0.159. The zero-order valence-corrected chi connectivity index (χ0v) is 8.59. The van der Waals surface area contributed by atoms with Gasteiger partial charge in [0.2, 0.25) is 0 Å². The summed E-state index contributed by atoms with van der Waals surface area (Å²) in [6.07, 6.45) is 0. The van der Waals surface area contributed by atoms with Crippen LogP contribution in [0.1, 0.15) is 13.8 Å². The molecule has 1 N–H and O–H groups in total. The average Bonchev–Trinajstić information content (AvgIpc) is 1.82. The van der Waals surface area contributed by atoms with Crippen molar-refractivity contribution in [1.82, 2.24) is 4.72 Å². The van der Waals surface area contributed by atoms with Crippen LogP contribution in [0, 0.1) is 0 Å². The average molecular weight is 226 g/mol. The molecule has 0 rings (SSSR count). The third kappa shape index (κ3) is 5.14. The van der Waals surface area contributed by atoms with Crippen LogP contribution in [0.5, 0.6) is 0 Å². The molecule has 0 aliphatic rings. The zero-order valence-electron chi connectivity index (χ0n) is 6.19. The van der Waals surface area contributed by atoms with E-state index in [1.807, 2.05) is 13.8 Å². The van der Waals surface area contributed by atoms with Gasteiger partial charge in [0, 0.05) is 16.3 Å². The first-order valence-electron chi connectivity index (χ1n) is 3.01. The fraction of sp³-hybridized carbons (Fsp3) is 0.667. The zero-order chi connectivity index (χ0) is 8.15. The van der Waals surface area contributed by atoms with Crippen LogP contribution in [0.3, 0.4) is 0 Å². The van der Waals surface area contributed by atoms with Gasteiger partial charge in [0.15, 0.2) is 0 Å². The summed E-state index contributed by atoms with van der Waals surface area (Å²) in [6, 6.07) is 0. The highest BCUT2D eigenvalue weighted by molar-refractivity contribution is 9.11. The van der Waals surface area contributed by atoms with Crippen LogP contribution in [0.15, 0.2) is 11.1 Å². The smallest absolute Gasteiger partial charge is 0.0944 e. The molecule has 0 spiro atoms. The summed E-state index contributed by atoms with van der Waals surface area (Å²) >= 11 is 3.16. The minimum Gasteiger partial charge on any atom is -0.243 e. The van der Waals surface area contributed by atoms with E-state index < -0.39 is 11.0 Å². The van der Waals surface area contributed by atoms with Crippen molar-refractivity contribution in [3.63, 3.8) is 0 Å². The highest BCUT2D eigenvalue weighted by Crippen LogP contribution is 1.98.